The second kappa shape index (κ2) is 4.84. The number of benzene rings is 1. The third-order valence-corrected chi connectivity index (χ3v) is 2.83. The molecule has 0 bridgehead atoms. The van der Waals surface area contributed by atoms with Gasteiger partial charge in [-0.25, -0.2) is 0 Å². The largest absolute Gasteiger partial charge is 0.485 e. The summed E-state index contributed by atoms with van der Waals surface area (Å²) in [5.41, 5.74) is 0.531. The number of nitriles is 1. The summed E-state index contributed by atoms with van der Waals surface area (Å²) in [6.07, 6.45) is 0.164. The van der Waals surface area contributed by atoms with Crippen LogP contribution in [-0.4, -0.2) is 38.6 Å². The SMILES string of the molecule is N#Cc1cc(OC2COC2)cc(OC2COC2)c1. The van der Waals surface area contributed by atoms with Crippen LogP contribution >= 0.6 is 0 Å². The van der Waals surface area contributed by atoms with Crippen molar-refractivity contribution in [1.29, 1.82) is 5.26 Å². The van der Waals surface area contributed by atoms with E-state index in [4.69, 9.17) is 24.2 Å². The summed E-state index contributed by atoms with van der Waals surface area (Å²) in [7, 11) is 0. The molecule has 0 aliphatic carbocycles. The second-order valence-electron chi connectivity index (χ2n) is 4.36. The zero-order valence-corrected chi connectivity index (χ0v) is 9.80. The molecular weight excluding hydrogens is 234 g/mol. The van der Waals surface area contributed by atoms with Crippen LogP contribution in [0, 0.1) is 11.3 Å². The van der Waals surface area contributed by atoms with Gasteiger partial charge >= 0.3 is 0 Å². The van der Waals surface area contributed by atoms with Crippen molar-refractivity contribution in [3.05, 3.63) is 23.8 Å². The molecule has 1 aromatic rings. The Morgan fingerprint density at radius 2 is 1.44 bits per heavy atom. The van der Waals surface area contributed by atoms with Crippen molar-refractivity contribution in [2.24, 2.45) is 0 Å². The predicted molar refractivity (Wildman–Crippen MR) is 61.6 cm³/mol. The Balaban J connectivity index is 1.74. The maximum absolute atomic E-state index is 8.99. The summed E-state index contributed by atoms with van der Waals surface area (Å²) < 4.78 is 21.5. The fourth-order valence-corrected chi connectivity index (χ4v) is 1.72. The zero-order valence-electron chi connectivity index (χ0n) is 9.80. The van der Waals surface area contributed by atoms with Crippen molar-refractivity contribution in [3.63, 3.8) is 0 Å². The minimum absolute atomic E-state index is 0.0822. The second-order valence-corrected chi connectivity index (χ2v) is 4.36. The van der Waals surface area contributed by atoms with Crippen molar-refractivity contribution in [2.75, 3.05) is 26.4 Å². The first kappa shape index (κ1) is 11.3. The maximum atomic E-state index is 8.99. The molecule has 0 unspecified atom stereocenters. The lowest BCUT2D eigenvalue weighted by atomic mass is 10.2. The van der Waals surface area contributed by atoms with Crippen molar-refractivity contribution >= 4 is 0 Å². The Kier molecular flexibility index (Phi) is 3.05. The summed E-state index contributed by atoms with van der Waals surface area (Å²) in [4.78, 5) is 0. The van der Waals surface area contributed by atoms with E-state index in [2.05, 4.69) is 6.07 Å². The predicted octanol–water partition coefficient (Wildman–Crippen LogP) is 1.11. The van der Waals surface area contributed by atoms with Crippen LogP contribution < -0.4 is 9.47 Å². The van der Waals surface area contributed by atoms with Gasteiger partial charge in [0.15, 0.2) is 0 Å². The van der Waals surface area contributed by atoms with E-state index in [1.807, 2.05) is 0 Å². The standard InChI is InChI=1S/C13H13NO4/c14-4-9-1-10(17-12-5-15-6-12)3-11(2-9)18-13-7-16-8-13/h1-3,12-13H,5-8H2. The molecule has 5 heteroatoms. The van der Waals surface area contributed by atoms with Crippen LogP contribution in [0.25, 0.3) is 0 Å². The molecule has 2 heterocycles. The summed E-state index contributed by atoms with van der Waals surface area (Å²) in [6.45, 7) is 2.40. The van der Waals surface area contributed by atoms with E-state index in [0.29, 0.717) is 43.5 Å². The highest BCUT2D eigenvalue weighted by atomic mass is 16.6. The smallest absolute Gasteiger partial charge is 0.145 e. The van der Waals surface area contributed by atoms with E-state index >= 15 is 0 Å². The molecule has 0 amide bonds. The van der Waals surface area contributed by atoms with Crippen molar-refractivity contribution in [1.82, 2.24) is 0 Å². The first-order chi connectivity index (χ1) is 8.83. The zero-order chi connectivity index (χ0) is 12.4. The van der Waals surface area contributed by atoms with Gasteiger partial charge in [0, 0.05) is 6.07 Å². The number of nitrogens with zero attached hydrogens (tertiary/aromatic N) is 1. The summed E-state index contributed by atoms with van der Waals surface area (Å²) in [5, 5.41) is 8.99. The third kappa shape index (κ3) is 2.40. The van der Waals surface area contributed by atoms with E-state index in [-0.39, 0.29) is 12.2 Å². The molecule has 2 aliphatic rings. The highest BCUT2D eigenvalue weighted by molar-refractivity contribution is 5.44. The Morgan fingerprint density at radius 1 is 0.944 bits per heavy atom. The lowest BCUT2D eigenvalue weighted by molar-refractivity contribution is -0.0825. The van der Waals surface area contributed by atoms with E-state index < -0.39 is 0 Å². The van der Waals surface area contributed by atoms with Crippen molar-refractivity contribution in [2.45, 2.75) is 12.2 Å². The molecule has 1 aromatic carbocycles. The average Bonchev–Trinajstić information content (AvgIpc) is 2.28. The topological polar surface area (TPSA) is 60.7 Å². The number of hydrogen-bond acceptors (Lipinski definition) is 5. The molecule has 0 N–H and O–H groups in total. The normalized spacial score (nSPS) is 19.5. The minimum Gasteiger partial charge on any atom is -0.485 e. The molecule has 5 nitrogen and oxygen atoms in total. The quantitative estimate of drug-likeness (QED) is 0.797. The van der Waals surface area contributed by atoms with Gasteiger partial charge in [-0.1, -0.05) is 0 Å². The fraction of sp³-hybridized carbons (Fsp3) is 0.462. The van der Waals surface area contributed by atoms with Gasteiger partial charge in [-0.05, 0) is 12.1 Å². The van der Waals surface area contributed by atoms with Gasteiger partial charge in [-0.3, -0.25) is 0 Å². The first-order valence-corrected chi connectivity index (χ1v) is 5.87. The molecule has 0 aromatic heterocycles. The Bertz CT molecular complexity index is 440. The van der Waals surface area contributed by atoms with Gasteiger partial charge < -0.3 is 18.9 Å². The molecule has 2 fully saturated rings. The minimum atomic E-state index is 0.0822. The van der Waals surface area contributed by atoms with E-state index in [0.717, 1.165) is 0 Å². The highest BCUT2D eigenvalue weighted by Crippen LogP contribution is 2.26. The highest BCUT2D eigenvalue weighted by Gasteiger charge is 2.22. The van der Waals surface area contributed by atoms with Crippen LogP contribution in [0.4, 0.5) is 0 Å². The molecule has 0 spiro atoms. The van der Waals surface area contributed by atoms with Gasteiger partial charge in [0.25, 0.3) is 0 Å². The molecule has 0 saturated carbocycles. The summed E-state index contributed by atoms with van der Waals surface area (Å²) in [5.74, 6) is 1.30. The molecule has 3 rings (SSSR count). The van der Waals surface area contributed by atoms with Gasteiger partial charge in [0.1, 0.15) is 23.7 Å². The number of ether oxygens (including phenoxy) is 4. The molecule has 0 atom stereocenters. The van der Waals surface area contributed by atoms with Crippen LogP contribution in [0.1, 0.15) is 5.56 Å². The molecule has 0 radical (unpaired) electrons. The Morgan fingerprint density at radius 3 is 1.78 bits per heavy atom. The van der Waals surface area contributed by atoms with Crippen LogP contribution in [0.3, 0.4) is 0 Å². The third-order valence-electron chi connectivity index (χ3n) is 2.83. The van der Waals surface area contributed by atoms with Crippen LogP contribution in [0.5, 0.6) is 11.5 Å². The number of rotatable bonds is 4. The fourth-order valence-electron chi connectivity index (χ4n) is 1.72. The lowest BCUT2D eigenvalue weighted by Crippen LogP contribution is -2.39. The average molecular weight is 247 g/mol. The maximum Gasteiger partial charge on any atom is 0.145 e. The van der Waals surface area contributed by atoms with E-state index in [1.54, 1.807) is 18.2 Å². The van der Waals surface area contributed by atoms with Crippen LogP contribution in [-0.2, 0) is 9.47 Å². The van der Waals surface area contributed by atoms with Crippen molar-refractivity contribution < 1.29 is 18.9 Å². The molecular formula is C13H13NO4. The van der Waals surface area contributed by atoms with Crippen molar-refractivity contribution in [3.8, 4) is 17.6 Å². The molecule has 2 aliphatic heterocycles. The monoisotopic (exact) mass is 247 g/mol. The molecule has 2 saturated heterocycles. The van der Waals surface area contributed by atoms with Crippen LogP contribution in [0.15, 0.2) is 18.2 Å². The van der Waals surface area contributed by atoms with Gasteiger partial charge in [0.2, 0.25) is 0 Å². The van der Waals surface area contributed by atoms with Crippen LogP contribution in [0.2, 0.25) is 0 Å². The van der Waals surface area contributed by atoms with Gasteiger partial charge in [-0.15, -0.1) is 0 Å². The number of hydrogen-bond donors (Lipinski definition) is 0. The molecule has 18 heavy (non-hydrogen) atoms. The summed E-state index contributed by atoms with van der Waals surface area (Å²) >= 11 is 0. The molecule has 94 valence electrons. The van der Waals surface area contributed by atoms with Gasteiger partial charge in [-0.2, -0.15) is 5.26 Å². The summed E-state index contributed by atoms with van der Waals surface area (Å²) in [6, 6.07) is 7.33. The Labute approximate surface area is 105 Å². The van der Waals surface area contributed by atoms with Gasteiger partial charge in [0.05, 0.1) is 38.1 Å². The first-order valence-electron chi connectivity index (χ1n) is 5.87. The lowest BCUT2D eigenvalue weighted by Gasteiger charge is -2.28. The van der Waals surface area contributed by atoms with E-state index in [9.17, 15) is 0 Å². The Hall–Kier alpha value is -1.77. The van der Waals surface area contributed by atoms with E-state index in [1.165, 1.54) is 0 Å².